The first-order chi connectivity index (χ1) is 12.2. The maximum atomic E-state index is 12.3. The molecule has 1 aliphatic rings. The van der Waals surface area contributed by atoms with E-state index in [0.717, 1.165) is 37.6 Å². The Morgan fingerprint density at radius 3 is 2.52 bits per heavy atom. The van der Waals surface area contributed by atoms with Crippen molar-refractivity contribution in [2.75, 3.05) is 31.1 Å². The monoisotopic (exact) mass is 336 g/mol. The second kappa shape index (κ2) is 6.60. The molecule has 1 N–H and O–H groups in total. The van der Waals surface area contributed by atoms with Crippen LogP contribution in [0.2, 0.25) is 0 Å². The van der Waals surface area contributed by atoms with E-state index in [0.29, 0.717) is 11.2 Å². The number of hydrogen-bond acceptors (Lipinski definition) is 6. The number of anilines is 1. The number of nitrogens with zero attached hydrogens (tertiary/aromatic N) is 5. The van der Waals surface area contributed by atoms with Crippen molar-refractivity contribution in [3.05, 3.63) is 58.9 Å². The summed E-state index contributed by atoms with van der Waals surface area (Å²) in [7, 11) is 0. The standard InChI is InChI=1S/C18H20N6O/c1-13(16-21-15-6-3-2-5-14(15)17(25)22-16)23-9-11-24(12-10-23)18-19-7-4-8-20-18/h2-8,13H,9-12H2,1H3,(H,21,22,25)/t13-/m1/s1. The Balaban J connectivity index is 1.51. The van der Waals surface area contributed by atoms with Gasteiger partial charge in [0.05, 0.1) is 16.9 Å². The SMILES string of the molecule is C[C@H](c1nc2ccccc2c(=O)[nH]1)N1CCN(c2ncccn2)CC1. The minimum atomic E-state index is -0.0798. The quantitative estimate of drug-likeness (QED) is 0.783. The van der Waals surface area contributed by atoms with E-state index in [1.165, 1.54) is 0 Å². The molecule has 3 heterocycles. The first kappa shape index (κ1) is 15.7. The lowest BCUT2D eigenvalue weighted by molar-refractivity contribution is 0.191. The Morgan fingerprint density at radius 1 is 1.04 bits per heavy atom. The van der Waals surface area contributed by atoms with Crippen LogP contribution in [0, 0.1) is 0 Å². The molecule has 1 fully saturated rings. The highest BCUT2D eigenvalue weighted by Gasteiger charge is 2.24. The molecule has 2 aromatic heterocycles. The maximum absolute atomic E-state index is 12.3. The zero-order chi connectivity index (χ0) is 17.2. The number of aromatic amines is 1. The van der Waals surface area contributed by atoms with Crippen LogP contribution >= 0.6 is 0 Å². The van der Waals surface area contributed by atoms with Crippen LogP contribution in [-0.2, 0) is 0 Å². The molecule has 1 atom stereocenters. The van der Waals surface area contributed by atoms with Crippen molar-refractivity contribution in [1.29, 1.82) is 0 Å². The summed E-state index contributed by atoms with van der Waals surface area (Å²) in [5, 5.41) is 0.629. The van der Waals surface area contributed by atoms with Gasteiger partial charge >= 0.3 is 0 Å². The summed E-state index contributed by atoms with van der Waals surface area (Å²) in [6, 6.07) is 9.31. The maximum Gasteiger partial charge on any atom is 0.258 e. The van der Waals surface area contributed by atoms with Crippen LogP contribution in [0.5, 0.6) is 0 Å². The van der Waals surface area contributed by atoms with Crippen LogP contribution < -0.4 is 10.5 Å². The van der Waals surface area contributed by atoms with Gasteiger partial charge in [-0.3, -0.25) is 9.69 Å². The predicted octanol–water partition coefficient (Wildman–Crippen LogP) is 1.60. The van der Waals surface area contributed by atoms with Crippen LogP contribution in [0.1, 0.15) is 18.8 Å². The minimum Gasteiger partial charge on any atom is -0.338 e. The summed E-state index contributed by atoms with van der Waals surface area (Å²) in [5.74, 6) is 1.49. The van der Waals surface area contributed by atoms with Gasteiger partial charge in [0.15, 0.2) is 0 Å². The minimum absolute atomic E-state index is 0.0520. The van der Waals surface area contributed by atoms with Gasteiger partial charge in [-0.1, -0.05) is 12.1 Å². The topological polar surface area (TPSA) is 78.0 Å². The summed E-state index contributed by atoms with van der Waals surface area (Å²) in [6.45, 7) is 5.53. The van der Waals surface area contributed by atoms with Crippen molar-refractivity contribution >= 4 is 16.9 Å². The highest BCUT2D eigenvalue weighted by atomic mass is 16.1. The molecular formula is C18H20N6O. The van der Waals surface area contributed by atoms with E-state index < -0.39 is 0 Å². The van der Waals surface area contributed by atoms with Gasteiger partial charge in [0.25, 0.3) is 5.56 Å². The number of aromatic nitrogens is 4. The van der Waals surface area contributed by atoms with Crippen LogP contribution in [-0.4, -0.2) is 51.0 Å². The molecule has 4 rings (SSSR count). The number of fused-ring (bicyclic) bond motifs is 1. The smallest absolute Gasteiger partial charge is 0.258 e. The summed E-state index contributed by atoms with van der Waals surface area (Å²) < 4.78 is 0. The van der Waals surface area contributed by atoms with E-state index in [4.69, 9.17) is 0 Å². The van der Waals surface area contributed by atoms with E-state index in [9.17, 15) is 4.79 Å². The normalized spacial score (nSPS) is 16.9. The van der Waals surface area contributed by atoms with E-state index in [-0.39, 0.29) is 11.6 Å². The fourth-order valence-electron chi connectivity index (χ4n) is 3.24. The number of para-hydroxylation sites is 1. The summed E-state index contributed by atoms with van der Waals surface area (Å²) in [6.07, 6.45) is 3.53. The van der Waals surface area contributed by atoms with E-state index in [1.807, 2.05) is 24.3 Å². The fraction of sp³-hybridized carbons (Fsp3) is 0.333. The van der Waals surface area contributed by atoms with Crippen molar-refractivity contribution in [2.45, 2.75) is 13.0 Å². The molecule has 0 aliphatic carbocycles. The second-order valence-electron chi connectivity index (χ2n) is 6.22. The average Bonchev–Trinajstić information content (AvgIpc) is 2.68. The predicted molar refractivity (Wildman–Crippen MR) is 96.6 cm³/mol. The Bertz CT molecular complexity index is 918. The summed E-state index contributed by atoms with van der Waals surface area (Å²) in [4.78, 5) is 33.0. The van der Waals surface area contributed by atoms with Gasteiger partial charge in [-0.2, -0.15) is 0 Å². The summed E-state index contributed by atoms with van der Waals surface area (Å²) in [5.41, 5.74) is 0.660. The van der Waals surface area contributed by atoms with Crippen molar-refractivity contribution in [1.82, 2.24) is 24.8 Å². The van der Waals surface area contributed by atoms with Gasteiger partial charge in [0.2, 0.25) is 5.95 Å². The van der Waals surface area contributed by atoms with Gasteiger partial charge in [-0.05, 0) is 25.1 Å². The fourth-order valence-corrected chi connectivity index (χ4v) is 3.24. The van der Waals surface area contributed by atoms with E-state index >= 15 is 0 Å². The van der Waals surface area contributed by atoms with Crippen molar-refractivity contribution in [3.8, 4) is 0 Å². The molecule has 0 unspecified atom stereocenters. The van der Waals surface area contributed by atoms with Crippen LogP contribution in [0.4, 0.5) is 5.95 Å². The van der Waals surface area contributed by atoms with Gasteiger partial charge in [0.1, 0.15) is 5.82 Å². The number of H-pyrrole nitrogens is 1. The third kappa shape index (κ3) is 3.10. The van der Waals surface area contributed by atoms with Crippen molar-refractivity contribution < 1.29 is 0 Å². The molecule has 0 saturated carbocycles. The lowest BCUT2D eigenvalue weighted by Gasteiger charge is -2.37. The first-order valence-corrected chi connectivity index (χ1v) is 8.47. The lowest BCUT2D eigenvalue weighted by atomic mass is 10.2. The molecular weight excluding hydrogens is 316 g/mol. The Hall–Kier alpha value is -2.80. The third-order valence-electron chi connectivity index (χ3n) is 4.72. The van der Waals surface area contributed by atoms with Crippen molar-refractivity contribution in [2.24, 2.45) is 0 Å². The molecule has 0 bridgehead atoms. The second-order valence-corrected chi connectivity index (χ2v) is 6.22. The number of benzene rings is 1. The number of piperazine rings is 1. The van der Waals surface area contributed by atoms with Gasteiger partial charge < -0.3 is 9.88 Å². The molecule has 1 saturated heterocycles. The highest BCUT2D eigenvalue weighted by molar-refractivity contribution is 5.77. The largest absolute Gasteiger partial charge is 0.338 e. The number of nitrogens with one attached hydrogen (secondary N) is 1. The molecule has 7 nitrogen and oxygen atoms in total. The lowest BCUT2D eigenvalue weighted by Crippen LogP contribution is -2.48. The zero-order valence-corrected chi connectivity index (χ0v) is 14.1. The van der Waals surface area contributed by atoms with E-state index in [1.54, 1.807) is 18.5 Å². The van der Waals surface area contributed by atoms with Gasteiger partial charge in [0, 0.05) is 38.6 Å². The highest BCUT2D eigenvalue weighted by Crippen LogP contribution is 2.20. The molecule has 1 aliphatic heterocycles. The van der Waals surface area contributed by atoms with Gasteiger partial charge in [-0.25, -0.2) is 15.0 Å². The molecule has 7 heteroatoms. The molecule has 0 amide bonds. The molecule has 1 aromatic carbocycles. The van der Waals surface area contributed by atoms with Crippen LogP contribution in [0.25, 0.3) is 10.9 Å². The number of rotatable bonds is 3. The zero-order valence-electron chi connectivity index (χ0n) is 14.1. The average molecular weight is 336 g/mol. The Kier molecular flexibility index (Phi) is 4.15. The molecule has 3 aromatic rings. The van der Waals surface area contributed by atoms with Crippen LogP contribution in [0.15, 0.2) is 47.5 Å². The number of hydrogen-bond donors (Lipinski definition) is 1. The van der Waals surface area contributed by atoms with E-state index in [2.05, 4.69) is 36.7 Å². The summed E-state index contributed by atoms with van der Waals surface area (Å²) >= 11 is 0. The Labute approximate surface area is 145 Å². The van der Waals surface area contributed by atoms with Gasteiger partial charge in [-0.15, -0.1) is 0 Å². The molecule has 25 heavy (non-hydrogen) atoms. The molecule has 128 valence electrons. The molecule has 0 radical (unpaired) electrons. The van der Waals surface area contributed by atoms with Crippen molar-refractivity contribution in [3.63, 3.8) is 0 Å². The van der Waals surface area contributed by atoms with Crippen LogP contribution in [0.3, 0.4) is 0 Å². The molecule has 0 spiro atoms. The Morgan fingerprint density at radius 2 is 1.76 bits per heavy atom. The first-order valence-electron chi connectivity index (χ1n) is 8.47. The third-order valence-corrected chi connectivity index (χ3v) is 4.72.